The molecule has 0 aromatic heterocycles. The van der Waals surface area contributed by atoms with Gasteiger partial charge in [-0.1, -0.05) is 0 Å². The summed E-state index contributed by atoms with van der Waals surface area (Å²) in [5, 5.41) is 0. The quantitative estimate of drug-likeness (QED) is 0.503. The van der Waals surface area contributed by atoms with E-state index >= 15 is 0 Å². The van der Waals surface area contributed by atoms with E-state index in [2.05, 4.69) is 0 Å². The molecule has 0 aromatic carbocycles. The molecule has 0 aliphatic rings. The molecule has 0 aliphatic carbocycles. The number of alkyl halides is 1. The van der Waals surface area contributed by atoms with Gasteiger partial charge in [-0.2, -0.15) is 0 Å². The summed E-state index contributed by atoms with van der Waals surface area (Å²) in [4.78, 5) is 0. The minimum absolute atomic E-state index is 0. The van der Waals surface area contributed by atoms with Crippen LogP contribution in [0.4, 0.5) is 0 Å². The number of halogens is 1. The number of hydrogen-bond donors (Lipinski definition) is 2. The van der Waals surface area contributed by atoms with Gasteiger partial charge < -0.3 is 11.5 Å². The van der Waals surface area contributed by atoms with Gasteiger partial charge in [-0.25, -0.2) is 0 Å². The summed E-state index contributed by atoms with van der Waals surface area (Å²) < 4.78 is 0. The SMILES string of the molecule is NCC(N)Cl.[Pt]. The second kappa shape index (κ2) is 5.90. The third kappa shape index (κ3) is 8.86. The molecule has 0 bridgehead atoms. The van der Waals surface area contributed by atoms with E-state index in [0.29, 0.717) is 6.54 Å². The topological polar surface area (TPSA) is 52.0 Å². The molecule has 1 unspecified atom stereocenters. The van der Waals surface area contributed by atoms with Crippen LogP contribution in [0.15, 0.2) is 0 Å². The predicted molar refractivity (Wildman–Crippen MR) is 22.9 cm³/mol. The molecule has 42 valence electrons. The predicted octanol–water partition coefficient (Wildman–Crippen LogP) is -0.534. The van der Waals surface area contributed by atoms with Gasteiger partial charge in [0.2, 0.25) is 0 Å². The van der Waals surface area contributed by atoms with Crippen molar-refractivity contribution in [2.24, 2.45) is 11.5 Å². The summed E-state index contributed by atoms with van der Waals surface area (Å²) in [5.74, 6) is 0. The third-order valence-electron chi connectivity index (χ3n) is 0.225. The van der Waals surface area contributed by atoms with E-state index in [0.717, 1.165) is 0 Å². The van der Waals surface area contributed by atoms with E-state index in [-0.39, 0.29) is 26.6 Å². The van der Waals surface area contributed by atoms with E-state index in [1.54, 1.807) is 0 Å². The fraction of sp³-hybridized carbons (Fsp3) is 1.00. The maximum Gasteiger partial charge on any atom is 0.0924 e. The average molecular weight is 290 g/mol. The number of nitrogens with two attached hydrogens (primary N) is 2. The third-order valence-corrected chi connectivity index (χ3v) is 0.403. The molecule has 6 heavy (non-hydrogen) atoms. The standard InChI is InChI=1S/C2H7ClN2.Pt/c3-2(5)1-4;/h2H,1,4-5H2;. The Morgan fingerprint density at radius 2 is 1.83 bits per heavy atom. The van der Waals surface area contributed by atoms with Crippen molar-refractivity contribution in [1.29, 1.82) is 0 Å². The molecule has 0 fully saturated rings. The van der Waals surface area contributed by atoms with Gasteiger partial charge in [0.05, 0.1) is 5.50 Å². The molecule has 0 aliphatic heterocycles. The largest absolute Gasteiger partial charge is 0.328 e. The Bertz CT molecular complexity index is 25.5. The van der Waals surface area contributed by atoms with Crippen LogP contribution >= 0.6 is 11.6 Å². The molecule has 4 heteroatoms. The van der Waals surface area contributed by atoms with Crippen LogP contribution in [0.25, 0.3) is 0 Å². The maximum atomic E-state index is 5.11. The first kappa shape index (κ1) is 10.0. The van der Waals surface area contributed by atoms with Crippen LogP contribution in [-0.4, -0.2) is 12.0 Å². The van der Waals surface area contributed by atoms with Gasteiger partial charge in [-0.3, -0.25) is 0 Å². The Morgan fingerprint density at radius 3 is 1.83 bits per heavy atom. The van der Waals surface area contributed by atoms with Crippen molar-refractivity contribution >= 4 is 11.6 Å². The molecular formula is C2H7ClN2Pt. The molecule has 0 saturated carbocycles. The Kier molecular flexibility index (Phi) is 9.83. The second-order valence-electron chi connectivity index (χ2n) is 0.752. The molecule has 4 N–H and O–H groups in total. The normalized spacial score (nSPS) is 12.5. The summed E-state index contributed by atoms with van der Waals surface area (Å²) in [6.07, 6.45) is 0. The van der Waals surface area contributed by atoms with Gasteiger partial charge in [-0.15, -0.1) is 11.6 Å². The minimum atomic E-state index is -0.366. The van der Waals surface area contributed by atoms with Crippen LogP contribution in [-0.2, 0) is 21.1 Å². The van der Waals surface area contributed by atoms with Gasteiger partial charge in [0.1, 0.15) is 0 Å². The van der Waals surface area contributed by atoms with Gasteiger partial charge in [0.15, 0.2) is 0 Å². The first-order chi connectivity index (χ1) is 2.27. The van der Waals surface area contributed by atoms with Crippen molar-refractivity contribution < 1.29 is 21.1 Å². The van der Waals surface area contributed by atoms with Crippen molar-refractivity contribution in [1.82, 2.24) is 0 Å². The number of hydrogen-bond acceptors (Lipinski definition) is 2. The first-order valence-electron chi connectivity index (χ1n) is 1.37. The van der Waals surface area contributed by atoms with Crippen LogP contribution in [0.3, 0.4) is 0 Å². The fourth-order valence-electron chi connectivity index (χ4n) is 0. The van der Waals surface area contributed by atoms with Gasteiger partial charge in [0.25, 0.3) is 0 Å². The molecule has 0 rings (SSSR count). The second-order valence-corrected chi connectivity index (χ2v) is 1.31. The van der Waals surface area contributed by atoms with Crippen molar-refractivity contribution in [2.45, 2.75) is 5.50 Å². The Labute approximate surface area is 56.5 Å². The Hall–Kier alpha value is 0.898. The molecule has 0 saturated heterocycles. The fourth-order valence-corrected chi connectivity index (χ4v) is 0. The summed E-state index contributed by atoms with van der Waals surface area (Å²) in [7, 11) is 0. The van der Waals surface area contributed by atoms with Gasteiger partial charge in [0, 0.05) is 27.6 Å². The summed E-state index contributed by atoms with van der Waals surface area (Å²) in [6.45, 7) is 0.349. The van der Waals surface area contributed by atoms with Crippen LogP contribution in [0.5, 0.6) is 0 Å². The average Bonchev–Trinajstić information content (AvgIpc) is 1.38. The Morgan fingerprint density at radius 1 is 1.67 bits per heavy atom. The van der Waals surface area contributed by atoms with Crippen molar-refractivity contribution in [3.8, 4) is 0 Å². The molecule has 0 spiro atoms. The zero-order chi connectivity index (χ0) is 4.28. The smallest absolute Gasteiger partial charge is 0.0924 e. The monoisotopic (exact) mass is 289 g/mol. The molecular weight excluding hydrogens is 283 g/mol. The zero-order valence-corrected chi connectivity index (χ0v) is 6.16. The summed E-state index contributed by atoms with van der Waals surface area (Å²) in [5.41, 5.74) is 9.48. The molecule has 0 heterocycles. The van der Waals surface area contributed by atoms with Crippen molar-refractivity contribution in [2.75, 3.05) is 6.54 Å². The first-order valence-corrected chi connectivity index (χ1v) is 1.80. The van der Waals surface area contributed by atoms with Gasteiger partial charge in [-0.05, 0) is 0 Å². The minimum Gasteiger partial charge on any atom is -0.328 e. The molecule has 0 amide bonds. The van der Waals surface area contributed by atoms with E-state index in [4.69, 9.17) is 23.1 Å². The van der Waals surface area contributed by atoms with E-state index in [9.17, 15) is 0 Å². The van der Waals surface area contributed by atoms with Crippen molar-refractivity contribution in [3.05, 3.63) is 0 Å². The molecule has 2 nitrogen and oxygen atoms in total. The Balaban J connectivity index is 0. The molecule has 0 radical (unpaired) electrons. The summed E-state index contributed by atoms with van der Waals surface area (Å²) in [6, 6.07) is 0. The van der Waals surface area contributed by atoms with Crippen LogP contribution in [0.2, 0.25) is 0 Å². The number of rotatable bonds is 1. The van der Waals surface area contributed by atoms with Gasteiger partial charge >= 0.3 is 0 Å². The van der Waals surface area contributed by atoms with E-state index < -0.39 is 0 Å². The summed E-state index contributed by atoms with van der Waals surface area (Å²) >= 11 is 5.11. The van der Waals surface area contributed by atoms with E-state index in [1.807, 2.05) is 0 Å². The molecule has 0 aromatic rings. The maximum absolute atomic E-state index is 5.11. The van der Waals surface area contributed by atoms with Crippen molar-refractivity contribution in [3.63, 3.8) is 0 Å². The van der Waals surface area contributed by atoms with Crippen LogP contribution in [0.1, 0.15) is 0 Å². The molecule has 1 atom stereocenters. The van der Waals surface area contributed by atoms with E-state index in [1.165, 1.54) is 0 Å². The zero-order valence-electron chi connectivity index (χ0n) is 3.13. The van der Waals surface area contributed by atoms with Crippen LogP contribution < -0.4 is 11.5 Å². The van der Waals surface area contributed by atoms with Crippen LogP contribution in [0, 0.1) is 0 Å².